The maximum absolute atomic E-state index is 11.9. The molecule has 6 rings (SSSR count). The minimum Gasteiger partial charge on any atom is -1.00 e. The van der Waals surface area contributed by atoms with Crippen molar-refractivity contribution in [2.45, 2.75) is 112 Å². The van der Waals surface area contributed by atoms with Crippen LogP contribution < -0.4 is 46.3 Å². The van der Waals surface area contributed by atoms with E-state index >= 15 is 0 Å². The number of nitrogen functional groups attached to an aromatic ring is 2. The Balaban J connectivity index is -0.000000574. The van der Waals surface area contributed by atoms with E-state index in [9.17, 15) is 78.8 Å². The molecule has 0 spiro atoms. The first-order chi connectivity index (χ1) is 46.5. The molecule has 0 fully saturated rings. The average Bonchev–Trinajstić information content (AvgIpc) is 0.830. The number of nitrogens with one attached hydrogen (secondary N) is 3. The molecular weight excluding hydrogens is 1370 g/mol. The van der Waals surface area contributed by atoms with Crippen molar-refractivity contribution in [1.29, 1.82) is 0 Å². The summed E-state index contributed by atoms with van der Waals surface area (Å²) in [6.07, 6.45) is 0.959. The van der Waals surface area contributed by atoms with Gasteiger partial charge >= 0.3 is 30.8 Å². The van der Waals surface area contributed by atoms with Crippen LogP contribution in [0, 0.1) is 40.5 Å². The van der Waals surface area contributed by atoms with Crippen LogP contribution in [0.2, 0.25) is 0 Å². The number of amides is 3. The van der Waals surface area contributed by atoms with Crippen molar-refractivity contribution in [2.24, 2.45) is 0 Å². The maximum Gasteiger partial charge on any atom is 1.00 e. The monoisotopic (exact) mass is 1460 g/mol. The van der Waals surface area contributed by atoms with Crippen LogP contribution in [-0.4, -0.2) is 190 Å². The standard InChI is InChI=1S/C13H19N3O3.C13H21N3O.C13H23N3.C12H13NO5.C10H10N2O4.C8H5NO5.Al.ClH.Li.4H/c1-9(2)14-8-11-7-10(13(17)15(3)4)5-6-12(11)16(18)19;1-9(2)15-8-11-7-10(5-6-12(11)14)13(17)16(3)4;1-10(2)15-8-12-7-11(9-16(3)4)5-6-13(12)14;1-12(2,3)18-11(15)8-4-5-10(13(16)17)9(6-8)7-14;1-11(2)10(14)7-3-4-9(12(15)16)8(5-7)6-13;10-4-6-3-5(8(11)12)1-2-7(6)9(13)14;;;;;;;/h5-7,9,14H,8H2,1-4H3;5-7,9,15H,8,14H2,1-4H3;5-7,10,15H,8-9,14H2,1-4H3;4-7H,1-3H3;3-6H,1-2H3;1-4H,(H,11,12);;1H;;;;;/q;;;;;;;;+1;;;;-1. The number of nitrogens with two attached hydrogens (primary N) is 2. The molecule has 0 atom stereocenters. The Kier molecular flexibility index (Phi) is 44.7. The Morgan fingerprint density at radius 2 is 0.777 bits per heavy atom. The fourth-order valence-electron chi connectivity index (χ4n) is 8.10. The summed E-state index contributed by atoms with van der Waals surface area (Å²) in [6.45, 7) is 20.3. The van der Waals surface area contributed by atoms with E-state index in [1.54, 1.807) is 86.2 Å². The molecule has 0 aliphatic carbocycles. The van der Waals surface area contributed by atoms with Gasteiger partial charge in [0.1, 0.15) is 5.60 Å². The number of nitrogens with zero attached hydrogens (tertiary/aromatic N) is 8. The predicted molar refractivity (Wildman–Crippen MR) is 398 cm³/mol. The number of nitro benzene ring substituents is 4. The fraction of sp³-hybridized carbons (Fsp3) is 0.362. The van der Waals surface area contributed by atoms with E-state index in [4.69, 9.17) is 21.3 Å². The fourth-order valence-corrected chi connectivity index (χ4v) is 8.10. The summed E-state index contributed by atoms with van der Waals surface area (Å²) in [5, 5.41) is 60.8. The first-order valence-corrected chi connectivity index (χ1v) is 30.7. The third-order valence-corrected chi connectivity index (χ3v) is 13.1. The number of aldehydes is 3. The number of rotatable bonds is 23. The average molecular weight is 1460 g/mol. The summed E-state index contributed by atoms with van der Waals surface area (Å²) in [5.74, 6) is -2.34. The molecular formula is C69H96AlClLiN13O18. The van der Waals surface area contributed by atoms with Crippen LogP contribution in [0.5, 0.6) is 0 Å². The number of hydrogen-bond acceptors (Lipinski definition) is 23. The van der Waals surface area contributed by atoms with E-state index in [1.165, 1.54) is 51.3 Å². The van der Waals surface area contributed by atoms with Crippen molar-refractivity contribution in [1.82, 2.24) is 35.6 Å². The van der Waals surface area contributed by atoms with Crippen molar-refractivity contribution in [2.75, 3.05) is 67.8 Å². The van der Waals surface area contributed by atoms with Gasteiger partial charge in [-0.15, -0.1) is 12.4 Å². The van der Waals surface area contributed by atoms with Gasteiger partial charge in [0.05, 0.1) is 47.5 Å². The van der Waals surface area contributed by atoms with Crippen LogP contribution in [0.25, 0.3) is 0 Å². The molecule has 34 heteroatoms. The summed E-state index contributed by atoms with van der Waals surface area (Å²) in [4.78, 5) is 136. The molecule has 103 heavy (non-hydrogen) atoms. The van der Waals surface area contributed by atoms with Crippen LogP contribution in [0.3, 0.4) is 0 Å². The smallest absolute Gasteiger partial charge is 1.00 e. The normalized spacial score (nSPS) is 10.1. The van der Waals surface area contributed by atoms with E-state index in [1.807, 2.05) is 26.0 Å². The third kappa shape index (κ3) is 35.1. The first-order valence-electron chi connectivity index (χ1n) is 30.7. The minimum atomic E-state index is -1.23. The Bertz CT molecular complexity index is 3900. The largest absolute Gasteiger partial charge is 1.00 e. The number of carboxylic acid groups (broad SMARTS) is 1. The summed E-state index contributed by atoms with van der Waals surface area (Å²) in [5.41, 5.74) is 16.6. The van der Waals surface area contributed by atoms with Crippen molar-refractivity contribution in [3.63, 3.8) is 0 Å². The third-order valence-electron chi connectivity index (χ3n) is 13.1. The quantitative estimate of drug-likeness (QED) is 0.0107. The van der Waals surface area contributed by atoms with Gasteiger partial charge < -0.3 is 58.3 Å². The molecule has 0 aliphatic heterocycles. The van der Waals surface area contributed by atoms with E-state index in [2.05, 4.69) is 74.8 Å². The molecule has 0 aromatic heterocycles. The van der Waals surface area contributed by atoms with Gasteiger partial charge in [-0.25, -0.2) is 9.59 Å². The van der Waals surface area contributed by atoms with Crippen molar-refractivity contribution in [3.8, 4) is 0 Å². The zero-order valence-corrected chi connectivity index (χ0v) is 61.5. The molecule has 8 N–H and O–H groups in total. The summed E-state index contributed by atoms with van der Waals surface area (Å²) in [7, 11) is 14.0. The van der Waals surface area contributed by atoms with Gasteiger partial charge in [0.25, 0.3) is 40.5 Å². The number of esters is 1. The molecule has 0 radical (unpaired) electrons. The Labute approximate surface area is 629 Å². The zero-order valence-electron chi connectivity index (χ0n) is 61.7. The number of nitro groups is 4. The molecule has 6 aromatic carbocycles. The molecule has 556 valence electrons. The zero-order chi connectivity index (χ0) is 76.6. The summed E-state index contributed by atoms with van der Waals surface area (Å²) < 4.78 is 5.10. The number of anilines is 2. The van der Waals surface area contributed by atoms with Crippen LogP contribution >= 0.6 is 12.4 Å². The number of hydrogen-bond donors (Lipinski definition) is 6. The van der Waals surface area contributed by atoms with Gasteiger partial charge in [0.15, 0.2) is 36.2 Å². The second kappa shape index (κ2) is 47.3. The van der Waals surface area contributed by atoms with E-state index < -0.39 is 42.9 Å². The van der Waals surface area contributed by atoms with Gasteiger partial charge in [-0.1, -0.05) is 53.7 Å². The van der Waals surface area contributed by atoms with Gasteiger partial charge in [0, 0.05) is 144 Å². The molecule has 0 heterocycles. The second-order valence-electron chi connectivity index (χ2n) is 24.7. The SMILES string of the molecule is CC(C)(C)OC(=O)c1ccc([N+](=O)[O-])c(C=O)c1.CC(C)NCc1cc(C(=O)N(C)C)ccc1N.CC(C)NCc1cc(C(=O)N(C)C)ccc1[N+](=O)[O-].CC(C)NCc1cc(CN(C)C)ccc1N.CN(C)C(=O)c1ccc([N+](=O)[O-])c(C=O)c1.Cl.O=Cc1cc(C(=O)O)ccc1[N+](=O)[O-].[AlH3].[H-].[Li+]. The van der Waals surface area contributed by atoms with Gasteiger partial charge in [0.2, 0.25) is 0 Å². The Morgan fingerprint density at radius 3 is 1.11 bits per heavy atom. The van der Waals surface area contributed by atoms with Crippen molar-refractivity contribution >= 4 is 112 Å². The van der Waals surface area contributed by atoms with Gasteiger partial charge in [-0.3, -0.25) is 69.2 Å². The van der Waals surface area contributed by atoms with Crippen molar-refractivity contribution < 1.29 is 88.2 Å². The molecule has 0 saturated carbocycles. The molecule has 0 bridgehead atoms. The molecule has 0 saturated heterocycles. The molecule has 3 amide bonds. The van der Waals surface area contributed by atoms with Crippen molar-refractivity contribution in [3.05, 3.63) is 216 Å². The molecule has 0 unspecified atom stereocenters. The maximum atomic E-state index is 11.9. The van der Waals surface area contributed by atoms with Gasteiger partial charge in [-0.05, 0) is 124 Å². The minimum absolute atomic E-state index is 0. The number of aromatic carboxylic acids is 1. The van der Waals surface area contributed by atoms with Crippen LogP contribution in [0.15, 0.2) is 109 Å². The summed E-state index contributed by atoms with van der Waals surface area (Å²) >= 11 is 0. The van der Waals surface area contributed by atoms with Crippen LogP contribution in [-0.2, 0) is 30.9 Å². The predicted octanol–water partition coefficient (Wildman–Crippen LogP) is 6.02. The molecule has 6 aromatic rings. The second-order valence-corrected chi connectivity index (χ2v) is 24.7. The molecule has 31 nitrogen and oxygen atoms in total. The van der Waals surface area contributed by atoms with E-state index in [0.29, 0.717) is 60.1 Å². The number of carbonyl (C=O) groups excluding carboxylic acids is 7. The van der Waals surface area contributed by atoms with E-state index in [0.717, 1.165) is 60.7 Å². The van der Waals surface area contributed by atoms with Gasteiger partial charge in [-0.2, -0.15) is 0 Å². The number of halogens is 1. The molecule has 0 aliphatic rings. The number of carboxylic acids is 1. The van der Waals surface area contributed by atoms with Crippen LogP contribution in [0.1, 0.15) is 169 Å². The number of benzene rings is 6. The summed E-state index contributed by atoms with van der Waals surface area (Å²) in [6, 6.07) is 27.5. The Hall–Kier alpha value is -9.86. The topological polar surface area (TPSA) is 440 Å². The number of ether oxygens (including phenoxy) is 1. The number of carbonyl (C=O) groups is 8. The first kappa shape index (κ1) is 97.3. The van der Waals surface area contributed by atoms with Crippen LogP contribution in [0.4, 0.5) is 34.1 Å². The Morgan fingerprint density at radius 1 is 0.485 bits per heavy atom. The van der Waals surface area contributed by atoms with E-state index in [-0.39, 0.29) is 131 Å².